The number of benzene rings is 1. The summed E-state index contributed by atoms with van der Waals surface area (Å²) in [5.41, 5.74) is 0.835. The summed E-state index contributed by atoms with van der Waals surface area (Å²) in [7, 11) is 0. The fourth-order valence-corrected chi connectivity index (χ4v) is 3.40. The van der Waals surface area contributed by atoms with Crippen LogP contribution in [0.2, 0.25) is 0 Å². The van der Waals surface area contributed by atoms with Crippen LogP contribution in [-0.4, -0.2) is 73.8 Å². The van der Waals surface area contributed by atoms with Gasteiger partial charge in [0.15, 0.2) is 0 Å². The molecule has 0 bridgehead atoms. The summed E-state index contributed by atoms with van der Waals surface area (Å²) in [6.07, 6.45) is -0.233. The molecule has 0 saturated carbocycles. The van der Waals surface area contributed by atoms with E-state index in [1.165, 1.54) is 0 Å². The van der Waals surface area contributed by atoms with Gasteiger partial charge in [-0.05, 0) is 12.1 Å². The van der Waals surface area contributed by atoms with Crippen molar-refractivity contribution in [3.63, 3.8) is 0 Å². The van der Waals surface area contributed by atoms with Crippen LogP contribution in [0.3, 0.4) is 0 Å². The minimum atomic E-state index is -0.233. The van der Waals surface area contributed by atoms with Gasteiger partial charge >= 0.3 is 6.09 Å². The maximum atomic E-state index is 12.7. The second-order valence-corrected chi connectivity index (χ2v) is 6.02. The van der Waals surface area contributed by atoms with Gasteiger partial charge in [0.25, 0.3) is 0 Å². The lowest BCUT2D eigenvalue weighted by Gasteiger charge is -2.36. The normalized spacial score (nSPS) is 23.8. The lowest BCUT2D eigenvalue weighted by Crippen LogP contribution is -2.54. The maximum Gasteiger partial charge on any atom is 0.410 e. The van der Waals surface area contributed by atoms with Crippen molar-refractivity contribution in [3.8, 4) is 5.75 Å². The molecule has 0 radical (unpaired) electrons. The fourth-order valence-electron chi connectivity index (χ4n) is 3.40. The lowest BCUT2D eigenvalue weighted by molar-refractivity contribution is -0.120. The third-order valence-electron chi connectivity index (χ3n) is 4.59. The predicted molar refractivity (Wildman–Crippen MR) is 82.6 cm³/mol. The average molecular weight is 317 g/mol. The highest BCUT2D eigenvalue weighted by Crippen LogP contribution is 2.31. The molecule has 0 spiro atoms. The molecule has 3 heterocycles. The first-order chi connectivity index (χ1) is 11.2. The number of amides is 2. The third kappa shape index (κ3) is 2.61. The molecule has 23 heavy (non-hydrogen) atoms. The van der Waals surface area contributed by atoms with E-state index in [1.54, 1.807) is 9.80 Å². The Bertz CT molecular complexity index is 636. The molecule has 7 heteroatoms. The molecule has 2 amide bonds. The predicted octanol–water partition coefficient (Wildman–Crippen LogP) is 0.548. The highest BCUT2D eigenvalue weighted by atomic mass is 16.6. The Balaban J connectivity index is 1.42. The number of cyclic esters (lactones) is 1. The van der Waals surface area contributed by atoms with Gasteiger partial charge in [0.05, 0.1) is 24.8 Å². The fraction of sp³-hybridized carbons (Fsp3) is 0.500. The van der Waals surface area contributed by atoms with Gasteiger partial charge in [0.2, 0.25) is 5.91 Å². The molecule has 1 aromatic rings. The highest BCUT2D eigenvalue weighted by Gasteiger charge is 2.38. The van der Waals surface area contributed by atoms with Crippen molar-refractivity contribution in [2.45, 2.75) is 6.04 Å². The van der Waals surface area contributed by atoms with Crippen LogP contribution in [0.15, 0.2) is 24.3 Å². The molecular weight excluding hydrogens is 298 g/mol. The maximum absolute atomic E-state index is 12.7. The van der Waals surface area contributed by atoms with E-state index in [0.29, 0.717) is 45.9 Å². The minimum absolute atomic E-state index is 0.0689. The molecule has 1 atom stereocenters. The molecule has 0 aromatic heterocycles. The van der Waals surface area contributed by atoms with E-state index >= 15 is 0 Å². The summed E-state index contributed by atoms with van der Waals surface area (Å²) in [5.74, 6) is 0.825. The monoisotopic (exact) mass is 317 g/mol. The second kappa shape index (κ2) is 5.73. The Morgan fingerprint density at radius 1 is 1.17 bits per heavy atom. The minimum Gasteiger partial charge on any atom is -0.490 e. The van der Waals surface area contributed by atoms with E-state index in [1.807, 2.05) is 24.3 Å². The molecule has 2 saturated heterocycles. The number of ether oxygens (including phenoxy) is 2. The second-order valence-electron chi connectivity index (χ2n) is 6.02. The van der Waals surface area contributed by atoms with E-state index in [4.69, 9.17) is 9.47 Å². The van der Waals surface area contributed by atoms with Gasteiger partial charge < -0.3 is 14.4 Å². The smallest absolute Gasteiger partial charge is 0.410 e. The Labute approximate surface area is 134 Å². The van der Waals surface area contributed by atoms with Crippen molar-refractivity contribution < 1.29 is 19.1 Å². The van der Waals surface area contributed by atoms with E-state index < -0.39 is 0 Å². The number of piperazine rings is 1. The summed E-state index contributed by atoms with van der Waals surface area (Å²) < 4.78 is 10.7. The highest BCUT2D eigenvalue weighted by molar-refractivity contribution is 5.96. The van der Waals surface area contributed by atoms with Gasteiger partial charge in [-0.25, -0.2) is 4.79 Å². The van der Waals surface area contributed by atoms with E-state index in [2.05, 4.69) is 4.90 Å². The van der Waals surface area contributed by atoms with Gasteiger partial charge in [0.1, 0.15) is 19.0 Å². The molecule has 0 aliphatic carbocycles. The van der Waals surface area contributed by atoms with Crippen LogP contribution in [0.25, 0.3) is 0 Å². The van der Waals surface area contributed by atoms with Crippen LogP contribution in [0, 0.1) is 0 Å². The molecule has 2 fully saturated rings. The average Bonchev–Trinajstić information content (AvgIpc) is 2.95. The quantitative estimate of drug-likeness (QED) is 0.797. The molecule has 1 unspecified atom stereocenters. The number of fused-ring (bicyclic) bond motifs is 2. The number of anilines is 1. The van der Waals surface area contributed by atoms with Crippen LogP contribution in [0.1, 0.15) is 0 Å². The van der Waals surface area contributed by atoms with Crippen LogP contribution in [0.4, 0.5) is 10.5 Å². The summed E-state index contributed by atoms with van der Waals surface area (Å²) in [4.78, 5) is 29.9. The van der Waals surface area contributed by atoms with E-state index in [9.17, 15) is 9.59 Å². The Morgan fingerprint density at radius 2 is 2.04 bits per heavy atom. The molecule has 1 aromatic carbocycles. The lowest BCUT2D eigenvalue weighted by atomic mass is 10.2. The molecule has 7 nitrogen and oxygen atoms in total. The zero-order chi connectivity index (χ0) is 15.8. The van der Waals surface area contributed by atoms with E-state index in [0.717, 1.165) is 11.4 Å². The van der Waals surface area contributed by atoms with E-state index in [-0.39, 0.29) is 18.0 Å². The van der Waals surface area contributed by atoms with Crippen molar-refractivity contribution in [2.75, 3.05) is 50.8 Å². The summed E-state index contributed by atoms with van der Waals surface area (Å²) in [5, 5.41) is 0. The summed E-state index contributed by atoms with van der Waals surface area (Å²) in [6, 6.07) is 7.68. The summed E-state index contributed by atoms with van der Waals surface area (Å²) >= 11 is 0. The molecule has 122 valence electrons. The topological polar surface area (TPSA) is 62.3 Å². The number of hydrogen-bond donors (Lipinski definition) is 0. The third-order valence-corrected chi connectivity index (χ3v) is 4.59. The zero-order valence-electron chi connectivity index (χ0n) is 12.8. The standard InChI is InChI=1S/C16H19N3O4/c20-15(19-7-8-22-14-4-2-1-3-13(14)19)10-17-5-6-18-12(9-17)11-23-16(18)21/h1-4,12H,5-11H2. The number of para-hydroxylation sites is 2. The first kappa shape index (κ1) is 14.3. The van der Waals surface area contributed by atoms with Crippen molar-refractivity contribution >= 4 is 17.7 Å². The van der Waals surface area contributed by atoms with Crippen molar-refractivity contribution in [1.29, 1.82) is 0 Å². The van der Waals surface area contributed by atoms with Crippen molar-refractivity contribution in [1.82, 2.24) is 9.80 Å². The molecule has 3 aliphatic heterocycles. The first-order valence-electron chi connectivity index (χ1n) is 7.90. The Morgan fingerprint density at radius 3 is 2.96 bits per heavy atom. The van der Waals surface area contributed by atoms with Gasteiger partial charge in [0, 0.05) is 19.6 Å². The number of hydrogen-bond acceptors (Lipinski definition) is 5. The van der Waals surface area contributed by atoms with Gasteiger partial charge in [-0.3, -0.25) is 14.6 Å². The zero-order valence-corrected chi connectivity index (χ0v) is 12.8. The first-order valence-corrected chi connectivity index (χ1v) is 7.90. The molecule has 3 aliphatic rings. The molecular formula is C16H19N3O4. The Hall–Kier alpha value is -2.28. The molecule has 0 N–H and O–H groups in total. The number of carbonyl (C=O) groups excluding carboxylic acids is 2. The number of nitrogens with zero attached hydrogens (tertiary/aromatic N) is 3. The van der Waals surface area contributed by atoms with Gasteiger partial charge in [-0.1, -0.05) is 12.1 Å². The SMILES string of the molecule is O=C(CN1CCN2C(=O)OCC2C1)N1CCOc2ccccc21. The van der Waals surface area contributed by atoms with Crippen LogP contribution in [0.5, 0.6) is 5.75 Å². The Kier molecular flexibility index (Phi) is 3.57. The number of rotatable bonds is 2. The van der Waals surface area contributed by atoms with Crippen LogP contribution < -0.4 is 9.64 Å². The number of carbonyl (C=O) groups is 2. The van der Waals surface area contributed by atoms with Crippen LogP contribution in [-0.2, 0) is 9.53 Å². The van der Waals surface area contributed by atoms with Crippen molar-refractivity contribution in [3.05, 3.63) is 24.3 Å². The van der Waals surface area contributed by atoms with Gasteiger partial charge in [-0.2, -0.15) is 0 Å². The largest absolute Gasteiger partial charge is 0.490 e. The van der Waals surface area contributed by atoms with Gasteiger partial charge in [-0.15, -0.1) is 0 Å². The summed E-state index contributed by atoms with van der Waals surface area (Å²) in [6.45, 7) is 3.86. The van der Waals surface area contributed by atoms with Crippen molar-refractivity contribution in [2.24, 2.45) is 0 Å². The van der Waals surface area contributed by atoms with Crippen LogP contribution >= 0.6 is 0 Å². The molecule has 4 rings (SSSR count).